The van der Waals surface area contributed by atoms with E-state index in [1.807, 2.05) is 6.07 Å². The average Bonchev–Trinajstić information content (AvgIpc) is 3.18. The molecule has 1 unspecified atom stereocenters. The number of fused-ring (bicyclic) bond motifs is 2. The van der Waals surface area contributed by atoms with E-state index in [0.717, 1.165) is 21.2 Å². The van der Waals surface area contributed by atoms with Crippen molar-refractivity contribution in [3.63, 3.8) is 0 Å². The lowest BCUT2D eigenvalue weighted by atomic mass is 10.1. The zero-order chi connectivity index (χ0) is 13.0. The molecule has 2 N–H and O–H groups in total. The third-order valence-electron chi connectivity index (χ3n) is 3.95. The quantitative estimate of drug-likeness (QED) is 0.740. The molecule has 0 aliphatic heterocycles. The minimum Gasteiger partial charge on any atom is -0.458 e. The summed E-state index contributed by atoms with van der Waals surface area (Å²) in [6.45, 7) is 0. The topological polar surface area (TPSA) is 39.2 Å². The van der Waals surface area contributed by atoms with Gasteiger partial charge in [0, 0.05) is 5.39 Å². The first kappa shape index (κ1) is 11.5. The summed E-state index contributed by atoms with van der Waals surface area (Å²) in [6.07, 6.45) is 2.45. The van der Waals surface area contributed by atoms with E-state index in [2.05, 4.69) is 46.3 Å². The monoisotopic (exact) mass is 315 g/mol. The second kappa shape index (κ2) is 4.09. The van der Waals surface area contributed by atoms with E-state index in [4.69, 9.17) is 10.2 Å². The molecule has 3 aromatic rings. The average molecular weight is 316 g/mol. The van der Waals surface area contributed by atoms with Crippen LogP contribution in [0.15, 0.2) is 45.3 Å². The zero-order valence-electron chi connectivity index (χ0n) is 10.4. The maximum absolute atomic E-state index is 6.23. The van der Waals surface area contributed by atoms with Crippen LogP contribution in [0.25, 0.3) is 21.7 Å². The first-order valence-electron chi connectivity index (χ1n) is 6.60. The number of halogens is 1. The Hall–Kier alpha value is -1.32. The van der Waals surface area contributed by atoms with Gasteiger partial charge in [-0.15, -0.1) is 0 Å². The van der Waals surface area contributed by atoms with Crippen LogP contribution in [0.4, 0.5) is 0 Å². The number of furan rings is 1. The highest BCUT2D eigenvalue weighted by Gasteiger charge is 2.31. The van der Waals surface area contributed by atoms with Crippen molar-refractivity contribution in [3.05, 3.63) is 46.6 Å². The fraction of sp³-hybridized carbons (Fsp3) is 0.250. The fourth-order valence-corrected chi connectivity index (χ4v) is 3.34. The molecule has 96 valence electrons. The van der Waals surface area contributed by atoms with E-state index in [9.17, 15) is 0 Å². The molecule has 1 heterocycles. The molecule has 1 atom stereocenters. The van der Waals surface area contributed by atoms with Crippen molar-refractivity contribution in [2.24, 2.45) is 11.7 Å². The SMILES string of the molecule is NC(c1cc2cc3ccccc3c(Br)c2o1)C1CC1. The number of nitrogens with two attached hydrogens (primary N) is 1. The molecule has 4 rings (SSSR count). The number of rotatable bonds is 2. The summed E-state index contributed by atoms with van der Waals surface area (Å²) >= 11 is 3.66. The lowest BCUT2D eigenvalue weighted by molar-refractivity contribution is 0.466. The number of hydrogen-bond donors (Lipinski definition) is 1. The highest BCUT2D eigenvalue weighted by Crippen LogP contribution is 2.42. The Labute approximate surface area is 119 Å². The Morgan fingerprint density at radius 1 is 1.16 bits per heavy atom. The molecular formula is C16H14BrNO. The van der Waals surface area contributed by atoms with Crippen LogP contribution in [0.3, 0.4) is 0 Å². The van der Waals surface area contributed by atoms with Gasteiger partial charge in [0.2, 0.25) is 0 Å². The third-order valence-corrected chi connectivity index (χ3v) is 4.73. The summed E-state index contributed by atoms with van der Waals surface area (Å²) in [5.74, 6) is 1.52. The molecule has 1 aliphatic rings. The molecule has 1 aromatic heterocycles. The van der Waals surface area contributed by atoms with Gasteiger partial charge < -0.3 is 10.2 Å². The Balaban J connectivity index is 1.96. The third kappa shape index (κ3) is 1.80. The summed E-state index contributed by atoms with van der Waals surface area (Å²) in [5.41, 5.74) is 7.14. The van der Waals surface area contributed by atoms with Gasteiger partial charge in [-0.05, 0) is 57.6 Å². The summed E-state index contributed by atoms with van der Waals surface area (Å²) in [6, 6.07) is 12.6. The van der Waals surface area contributed by atoms with E-state index >= 15 is 0 Å². The van der Waals surface area contributed by atoms with E-state index < -0.39 is 0 Å². The van der Waals surface area contributed by atoms with E-state index in [0.29, 0.717) is 5.92 Å². The fourth-order valence-electron chi connectivity index (χ4n) is 2.67. The maximum atomic E-state index is 6.23. The van der Waals surface area contributed by atoms with E-state index in [1.165, 1.54) is 23.6 Å². The minimum absolute atomic E-state index is 0.0439. The number of hydrogen-bond acceptors (Lipinski definition) is 2. The molecule has 2 aromatic carbocycles. The van der Waals surface area contributed by atoms with Crippen LogP contribution >= 0.6 is 15.9 Å². The molecule has 1 saturated carbocycles. The molecule has 1 aliphatic carbocycles. The predicted octanol–water partition coefficient (Wildman–Crippen LogP) is 4.76. The molecule has 0 bridgehead atoms. The van der Waals surface area contributed by atoms with Gasteiger partial charge in [-0.3, -0.25) is 0 Å². The van der Waals surface area contributed by atoms with Crippen molar-refractivity contribution in [1.82, 2.24) is 0 Å². The van der Waals surface area contributed by atoms with Crippen molar-refractivity contribution < 1.29 is 4.42 Å². The normalized spacial score (nSPS) is 17.2. The van der Waals surface area contributed by atoms with Gasteiger partial charge in [0.05, 0.1) is 10.5 Å². The lowest BCUT2D eigenvalue weighted by Crippen LogP contribution is -2.10. The predicted molar refractivity (Wildman–Crippen MR) is 81.1 cm³/mol. The second-order valence-electron chi connectivity index (χ2n) is 5.34. The standard InChI is InChI=1S/C16H14BrNO/c17-14-12-4-2-1-3-10(12)7-11-8-13(19-16(11)14)15(18)9-5-6-9/h1-4,7-9,15H,5-6,18H2. The lowest BCUT2D eigenvalue weighted by Gasteiger charge is -2.05. The molecule has 1 fully saturated rings. The molecule has 0 saturated heterocycles. The van der Waals surface area contributed by atoms with Crippen LogP contribution in [0.5, 0.6) is 0 Å². The van der Waals surface area contributed by atoms with Crippen LogP contribution in [0.2, 0.25) is 0 Å². The number of benzene rings is 2. The van der Waals surface area contributed by atoms with Gasteiger partial charge in [0.1, 0.15) is 11.3 Å². The van der Waals surface area contributed by atoms with Gasteiger partial charge in [-0.2, -0.15) is 0 Å². The zero-order valence-corrected chi connectivity index (χ0v) is 12.0. The summed E-state index contributed by atoms with van der Waals surface area (Å²) in [7, 11) is 0. The minimum atomic E-state index is 0.0439. The van der Waals surface area contributed by atoms with Crippen molar-refractivity contribution >= 4 is 37.7 Å². The van der Waals surface area contributed by atoms with Crippen molar-refractivity contribution in [3.8, 4) is 0 Å². The highest BCUT2D eigenvalue weighted by molar-refractivity contribution is 9.10. The summed E-state index contributed by atoms with van der Waals surface area (Å²) in [4.78, 5) is 0. The van der Waals surface area contributed by atoms with Gasteiger partial charge in [-0.1, -0.05) is 24.3 Å². The van der Waals surface area contributed by atoms with Gasteiger partial charge in [0.25, 0.3) is 0 Å². The second-order valence-corrected chi connectivity index (χ2v) is 6.14. The van der Waals surface area contributed by atoms with Crippen molar-refractivity contribution in [2.75, 3.05) is 0 Å². The Kier molecular flexibility index (Phi) is 2.47. The Bertz CT molecular complexity index is 773. The smallest absolute Gasteiger partial charge is 0.149 e. The molecule has 3 heteroatoms. The Morgan fingerprint density at radius 2 is 1.95 bits per heavy atom. The van der Waals surface area contributed by atoms with Crippen molar-refractivity contribution in [1.29, 1.82) is 0 Å². The molecule has 19 heavy (non-hydrogen) atoms. The first-order valence-corrected chi connectivity index (χ1v) is 7.39. The van der Waals surface area contributed by atoms with Crippen molar-refractivity contribution in [2.45, 2.75) is 18.9 Å². The Morgan fingerprint density at radius 3 is 2.74 bits per heavy atom. The largest absolute Gasteiger partial charge is 0.458 e. The van der Waals surface area contributed by atoms with Gasteiger partial charge in [-0.25, -0.2) is 0 Å². The highest BCUT2D eigenvalue weighted by atomic mass is 79.9. The molecule has 0 radical (unpaired) electrons. The first-order chi connectivity index (χ1) is 9.24. The van der Waals surface area contributed by atoms with Crippen LogP contribution in [-0.4, -0.2) is 0 Å². The molecule has 2 nitrogen and oxygen atoms in total. The van der Waals surface area contributed by atoms with E-state index in [-0.39, 0.29) is 6.04 Å². The molecular weight excluding hydrogens is 302 g/mol. The van der Waals surface area contributed by atoms with E-state index in [1.54, 1.807) is 0 Å². The van der Waals surface area contributed by atoms with Gasteiger partial charge in [0.15, 0.2) is 0 Å². The van der Waals surface area contributed by atoms with Crippen LogP contribution in [0.1, 0.15) is 24.6 Å². The summed E-state index contributed by atoms with van der Waals surface area (Å²) in [5, 5.41) is 3.52. The van der Waals surface area contributed by atoms with Gasteiger partial charge >= 0.3 is 0 Å². The van der Waals surface area contributed by atoms with Crippen LogP contribution in [0, 0.1) is 5.92 Å². The maximum Gasteiger partial charge on any atom is 0.149 e. The summed E-state index contributed by atoms with van der Waals surface area (Å²) < 4.78 is 7.02. The van der Waals surface area contributed by atoms with Crippen LogP contribution in [-0.2, 0) is 0 Å². The molecule has 0 amide bonds. The molecule has 0 spiro atoms. The van der Waals surface area contributed by atoms with Crippen LogP contribution < -0.4 is 5.73 Å².